The van der Waals surface area contributed by atoms with Crippen molar-refractivity contribution in [1.82, 2.24) is 15.0 Å². The number of rotatable bonds is 5. The van der Waals surface area contributed by atoms with Gasteiger partial charge in [-0.2, -0.15) is 4.98 Å². The van der Waals surface area contributed by atoms with E-state index in [0.29, 0.717) is 16.9 Å². The van der Waals surface area contributed by atoms with Crippen molar-refractivity contribution in [3.63, 3.8) is 0 Å². The van der Waals surface area contributed by atoms with Crippen LogP contribution in [-0.4, -0.2) is 32.2 Å². The van der Waals surface area contributed by atoms with E-state index in [1.807, 2.05) is 13.0 Å². The van der Waals surface area contributed by atoms with Crippen LogP contribution in [-0.2, 0) is 0 Å². The highest BCUT2D eigenvalue weighted by Crippen LogP contribution is 2.24. The lowest BCUT2D eigenvalue weighted by molar-refractivity contribution is 0.213. The van der Waals surface area contributed by atoms with Gasteiger partial charge in [-0.1, -0.05) is 13.3 Å². The molecule has 2 heterocycles. The van der Waals surface area contributed by atoms with Crippen molar-refractivity contribution in [2.24, 2.45) is 0 Å². The third-order valence-electron chi connectivity index (χ3n) is 3.04. The van der Waals surface area contributed by atoms with E-state index in [1.54, 1.807) is 12.3 Å². The van der Waals surface area contributed by atoms with E-state index < -0.39 is 5.54 Å². The predicted octanol–water partition coefficient (Wildman–Crippen LogP) is 1.57. The molecule has 0 fully saturated rings. The Hall–Kier alpha value is -1.95. The van der Waals surface area contributed by atoms with Crippen LogP contribution in [0.2, 0.25) is 0 Å². The third kappa shape index (κ3) is 2.90. The zero-order valence-electron chi connectivity index (χ0n) is 11.2. The Morgan fingerprint density at radius 3 is 2.89 bits per heavy atom. The lowest BCUT2D eigenvalue weighted by Gasteiger charge is -2.29. The summed E-state index contributed by atoms with van der Waals surface area (Å²) in [4.78, 5) is 12.6. The van der Waals surface area contributed by atoms with Crippen LogP contribution in [0.4, 0.5) is 11.8 Å². The first-order valence-electron chi connectivity index (χ1n) is 6.35. The fourth-order valence-corrected chi connectivity index (χ4v) is 2.09. The van der Waals surface area contributed by atoms with E-state index in [2.05, 4.69) is 27.2 Å². The van der Waals surface area contributed by atoms with Crippen LogP contribution < -0.4 is 11.1 Å². The maximum atomic E-state index is 9.56. The summed E-state index contributed by atoms with van der Waals surface area (Å²) < 4.78 is 0. The fourth-order valence-electron chi connectivity index (χ4n) is 2.09. The first kappa shape index (κ1) is 13.5. The van der Waals surface area contributed by atoms with Gasteiger partial charge in [0.2, 0.25) is 5.95 Å². The molecule has 0 saturated carbocycles. The largest absolute Gasteiger partial charge is 0.394 e. The number of fused-ring (bicyclic) bond motifs is 1. The van der Waals surface area contributed by atoms with Crippen LogP contribution in [0.5, 0.6) is 0 Å². The predicted molar refractivity (Wildman–Crippen MR) is 75.8 cm³/mol. The summed E-state index contributed by atoms with van der Waals surface area (Å²) in [6.45, 7) is 4.03. The lowest BCUT2D eigenvalue weighted by Crippen LogP contribution is -2.39. The lowest BCUT2D eigenvalue weighted by atomic mass is 9.97. The van der Waals surface area contributed by atoms with Gasteiger partial charge in [-0.05, 0) is 25.5 Å². The Kier molecular flexibility index (Phi) is 3.80. The number of hydrogen-bond acceptors (Lipinski definition) is 6. The molecule has 0 aliphatic rings. The number of nitrogen functional groups attached to an aromatic ring is 1. The van der Waals surface area contributed by atoms with Gasteiger partial charge in [-0.15, -0.1) is 0 Å². The molecule has 0 aliphatic carbocycles. The number of nitrogens with zero attached hydrogens (tertiary/aromatic N) is 3. The molecule has 0 radical (unpaired) electrons. The number of nitrogens with one attached hydrogen (secondary N) is 1. The van der Waals surface area contributed by atoms with Gasteiger partial charge in [0.05, 0.1) is 17.7 Å². The molecule has 2 aromatic heterocycles. The summed E-state index contributed by atoms with van der Waals surface area (Å²) in [6, 6.07) is 3.64. The molecule has 0 spiro atoms. The van der Waals surface area contributed by atoms with Gasteiger partial charge in [-0.3, -0.25) is 4.98 Å². The van der Waals surface area contributed by atoms with Crippen LogP contribution in [0.25, 0.3) is 11.0 Å². The van der Waals surface area contributed by atoms with Crippen molar-refractivity contribution >= 4 is 22.8 Å². The number of aliphatic hydroxyl groups excluding tert-OH is 1. The molecule has 4 N–H and O–H groups in total. The van der Waals surface area contributed by atoms with Gasteiger partial charge in [-0.25, -0.2) is 4.98 Å². The normalized spacial score (nSPS) is 14.3. The highest BCUT2D eigenvalue weighted by molar-refractivity contribution is 5.86. The van der Waals surface area contributed by atoms with E-state index in [0.717, 1.165) is 12.8 Å². The van der Waals surface area contributed by atoms with Gasteiger partial charge < -0.3 is 16.2 Å². The van der Waals surface area contributed by atoms with Crippen molar-refractivity contribution in [2.75, 3.05) is 17.7 Å². The second-order valence-electron chi connectivity index (χ2n) is 4.90. The first-order valence-corrected chi connectivity index (χ1v) is 6.35. The van der Waals surface area contributed by atoms with Crippen LogP contribution >= 0.6 is 0 Å². The van der Waals surface area contributed by atoms with E-state index >= 15 is 0 Å². The van der Waals surface area contributed by atoms with Crippen molar-refractivity contribution in [1.29, 1.82) is 0 Å². The number of anilines is 2. The van der Waals surface area contributed by atoms with E-state index in [9.17, 15) is 5.11 Å². The maximum absolute atomic E-state index is 9.56. The Labute approximate surface area is 112 Å². The van der Waals surface area contributed by atoms with Crippen LogP contribution in [0.1, 0.15) is 26.7 Å². The third-order valence-corrected chi connectivity index (χ3v) is 3.04. The smallest absolute Gasteiger partial charge is 0.222 e. The minimum atomic E-state index is -0.444. The van der Waals surface area contributed by atoms with Crippen molar-refractivity contribution < 1.29 is 5.11 Å². The summed E-state index contributed by atoms with van der Waals surface area (Å²) in [5.74, 6) is 0.757. The second-order valence-corrected chi connectivity index (χ2v) is 4.90. The van der Waals surface area contributed by atoms with Crippen LogP contribution in [0, 0.1) is 0 Å². The van der Waals surface area contributed by atoms with E-state index in [4.69, 9.17) is 5.73 Å². The highest BCUT2D eigenvalue weighted by atomic mass is 16.3. The molecule has 6 nitrogen and oxygen atoms in total. The fraction of sp³-hybridized carbons (Fsp3) is 0.462. The number of aromatic nitrogens is 3. The molecule has 0 amide bonds. The molecule has 102 valence electrons. The molecule has 0 aliphatic heterocycles. The summed E-state index contributed by atoms with van der Waals surface area (Å²) in [5, 5.41) is 12.8. The molecule has 6 heteroatoms. The van der Waals surface area contributed by atoms with Gasteiger partial charge in [0.1, 0.15) is 5.52 Å². The van der Waals surface area contributed by atoms with Crippen molar-refractivity contribution in [3.05, 3.63) is 18.3 Å². The minimum Gasteiger partial charge on any atom is -0.394 e. The number of hydrogen-bond donors (Lipinski definition) is 3. The average molecular weight is 261 g/mol. The van der Waals surface area contributed by atoms with Crippen LogP contribution in [0.15, 0.2) is 18.3 Å². The monoisotopic (exact) mass is 261 g/mol. The molecule has 2 aromatic rings. The Morgan fingerprint density at radius 1 is 1.42 bits per heavy atom. The summed E-state index contributed by atoms with van der Waals surface area (Å²) >= 11 is 0. The van der Waals surface area contributed by atoms with Gasteiger partial charge in [0.15, 0.2) is 5.82 Å². The SMILES string of the molecule is CCCC(C)(CO)Nc1nc(N)nc2cccnc12. The molecule has 1 unspecified atom stereocenters. The van der Waals surface area contributed by atoms with Crippen molar-refractivity contribution in [2.45, 2.75) is 32.2 Å². The van der Waals surface area contributed by atoms with Crippen LogP contribution in [0.3, 0.4) is 0 Å². The molecule has 0 aromatic carbocycles. The minimum absolute atomic E-state index is 0.0130. The summed E-state index contributed by atoms with van der Waals surface area (Å²) in [5.41, 5.74) is 6.61. The second kappa shape index (κ2) is 5.36. The standard InChI is InChI=1S/C13H19N5O/c1-3-6-13(2,8-19)18-11-10-9(5-4-7-15-10)16-12(14)17-11/h4-5,7,19H,3,6,8H2,1-2H3,(H3,14,16,17,18). The van der Waals surface area contributed by atoms with E-state index in [-0.39, 0.29) is 12.6 Å². The topological polar surface area (TPSA) is 97.0 Å². The zero-order chi connectivity index (χ0) is 13.9. The summed E-state index contributed by atoms with van der Waals surface area (Å²) in [7, 11) is 0. The molecule has 1 atom stereocenters. The summed E-state index contributed by atoms with van der Waals surface area (Å²) in [6.07, 6.45) is 3.46. The first-order chi connectivity index (χ1) is 9.08. The molecular weight excluding hydrogens is 242 g/mol. The molecule has 0 bridgehead atoms. The van der Waals surface area contributed by atoms with Gasteiger partial charge >= 0.3 is 0 Å². The Morgan fingerprint density at radius 2 is 2.21 bits per heavy atom. The molecule has 19 heavy (non-hydrogen) atoms. The number of aliphatic hydroxyl groups is 1. The number of nitrogens with two attached hydrogens (primary N) is 1. The molecular formula is C13H19N5O. The Bertz CT molecular complexity index is 574. The Balaban J connectivity index is 2.44. The quantitative estimate of drug-likeness (QED) is 0.756. The maximum Gasteiger partial charge on any atom is 0.222 e. The zero-order valence-corrected chi connectivity index (χ0v) is 11.2. The molecule has 0 saturated heterocycles. The average Bonchev–Trinajstić information content (AvgIpc) is 2.39. The van der Waals surface area contributed by atoms with E-state index in [1.165, 1.54) is 0 Å². The van der Waals surface area contributed by atoms with Gasteiger partial charge in [0.25, 0.3) is 0 Å². The number of pyridine rings is 1. The highest BCUT2D eigenvalue weighted by Gasteiger charge is 2.24. The molecule has 2 rings (SSSR count). The van der Waals surface area contributed by atoms with Gasteiger partial charge in [0, 0.05) is 6.20 Å². The van der Waals surface area contributed by atoms with Crippen molar-refractivity contribution in [3.8, 4) is 0 Å².